The van der Waals surface area contributed by atoms with Crippen molar-refractivity contribution in [2.45, 2.75) is 0 Å². The summed E-state index contributed by atoms with van der Waals surface area (Å²) in [7, 11) is 0. The van der Waals surface area contributed by atoms with Crippen LogP contribution in [0.1, 0.15) is 0 Å². The number of amidine groups is 1. The van der Waals surface area contributed by atoms with Gasteiger partial charge >= 0.3 is 0 Å². The highest BCUT2D eigenvalue weighted by Crippen LogP contribution is 2.18. The maximum Gasteiger partial charge on any atom is 0.239 e. The molecule has 1 aliphatic rings. The molecule has 5 nitrogen and oxygen atoms in total. The Labute approximate surface area is 127 Å². The number of para-hydroxylation sites is 1. The second-order valence-electron chi connectivity index (χ2n) is 3.91. The van der Waals surface area contributed by atoms with E-state index in [2.05, 4.69) is 22.4 Å². The molecule has 0 unspecified atom stereocenters. The normalized spacial score (nSPS) is 16.3. The van der Waals surface area contributed by atoms with E-state index in [1.807, 2.05) is 30.3 Å². The maximum atomic E-state index is 11.6. The average molecular weight is 306 g/mol. The molecule has 0 bridgehead atoms. The minimum atomic E-state index is 0.0254. The molecule has 1 amide bonds. The van der Waals surface area contributed by atoms with E-state index in [0.717, 1.165) is 5.69 Å². The molecule has 104 valence electrons. The Morgan fingerprint density at radius 1 is 1.50 bits per heavy atom. The summed E-state index contributed by atoms with van der Waals surface area (Å²) < 4.78 is 0. The zero-order valence-corrected chi connectivity index (χ0v) is 12.3. The molecule has 0 atom stereocenters. The molecule has 1 heterocycles. The maximum absolute atomic E-state index is 11.6. The summed E-state index contributed by atoms with van der Waals surface area (Å²) in [6.45, 7) is 4.08. The number of anilines is 1. The van der Waals surface area contributed by atoms with E-state index in [0.29, 0.717) is 22.6 Å². The molecule has 7 heteroatoms. The molecule has 0 aromatic heterocycles. The summed E-state index contributed by atoms with van der Waals surface area (Å²) >= 11 is 6.52. The number of carbonyl (C=O) groups excluding carboxylic acids is 1. The molecular weight excluding hydrogens is 292 g/mol. The van der Waals surface area contributed by atoms with Crippen LogP contribution in [0.15, 0.2) is 48.1 Å². The fourth-order valence-corrected chi connectivity index (χ4v) is 2.58. The molecule has 2 rings (SSSR count). The van der Waals surface area contributed by atoms with Gasteiger partial charge in [-0.1, -0.05) is 36.0 Å². The van der Waals surface area contributed by atoms with Gasteiger partial charge < -0.3 is 5.32 Å². The van der Waals surface area contributed by atoms with Crippen LogP contribution in [-0.4, -0.2) is 33.4 Å². The van der Waals surface area contributed by atoms with Crippen molar-refractivity contribution < 1.29 is 4.79 Å². The molecule has 1 aromatic rings. The van der Waals surface area contributed by atoms with Crippen LogP contribution >= 0.6 is 24.0 Å². The predicted molar refractivity (Wildman–Crippen MR) is 87.6 cm³/mol. The smallest absolute Gasteiger partial charge is 0.239 e. The predicted octanol–water partition coefficient (Wildman–Crippen LogP) is 2.01. The zero-order chi connectivity index (χ0) is 14.4. The minimum absolute atomic E-state index is 0.0254. The number of thioether (sulfide) groups is 1. The quantitative estimate of drug-likeness (QED) is 0.506. The van der Waals surface area contributed by atoms with Crippen LogP contribution in [0.3, 0.4) is 0 Å². The fraction of sp³-hybridized carbons (Fsp3) is 0.154. The molecule has 1 fully saturated rings. The molecule has 0 spiro atoms. The molecule has 0 saturated carbocycles. The number of hydrogen-bond donors (Lipinski definition) is 2. The summed E-state index contributed by atoms with van der Waals surface area (Å²) in [5.74, 6) is 0.421. The lowest BCUT2D eigenvalue weighted by Gasteiger charge is -2.13. The third-order valence-electron chi connectivity index (χ3n) is 2.45. The first-order chi connectivity index (χ1) is 9.70. The van der Waals surface area contributed by atoms with Crippen LogP contribution in [0.5, 0.6) is 0 Å². The van der Waals surface area contributed by atoms with Crippen molar-refractivity contribution in [2.24, 2.45) is 5.10 Å². The topological polar surface area (TPSA) is 56.7 Å². The Morgan fingerprint density at radius 3 is 2.95 bits per heavy atom. The number of rotatable bonds is 4. The van der Waals surface area contributed by atoms with Crippen molar-refractivity contribution in [2.75, 3.05) is 17.6 Å². The molecule has 1 aromatic carbocycles. The van der Waals surface area contributed by atoms with Crippen LogP contribution in [0.2, 0.25) is 0 Å². The molecular formula is C13H14N4OS2. The van der Waals surface area contributed by atoms with Gasteiger partial charge in [-0.2, -0.15) is 0 Å². The first-order valence-electron chi connectivity index (χ1n) is 5.94. The lowest BCUT2D eigenvalue weighted by molar-refractivity contribution is -0.123. The van der Waals surface area contributed by atoms with E-state index in [-0.39, 0.29) is 5.91 Å². The number of benzene rings is 1. The van der Waals surface area contributed by atoms with Gasteiger partial charge in [0.15, 0.2) is 10.3 Å². The van der Waals surface area contributed by atoms with Crippen LogP contribution in [0, 0.1) is 0 Å². The summed E-state index contributed by atoms with van der Waals surface area (Å²) in [6, 6.07) is 9.55. The Morgan fingerprint density at radius 2 is 2.25 bits per heavy atom. The number of nitrogens with one attached hydrogen (secondary N) is 2. The third-order valence-corrected chi connectivity index (χ3v) is 3.61. The van der Waals surface area contributed by atoms with Gasteiger partial charge in [-0.25, -0.2) is 0 Å². The summed E-state index contributed by atoms with van der Waals surface area (Å²) in [5, 5.41) is 8.14. The highest BCUT2D eigenvalue weighted by Gasteiger charge is 2.27. The Kier molecular flexibility index (Phi) is 5.14. The van der Waals surface area contributed by atoms with Gasteiger partial charge in [0.1, 0.15) is 0 Å². The Hall–Kier alpha value is -1.86. The SMILES string of the molecule is C=CCN1C(=O)CS/C1=N\NC(=S)Nc1ccccc1. The molecule has 1 aliphatic heterocycles. The van der Waals surface area contributed by atoms with Crippen LogP contribution < -0.4 is 10.7 Å². The average Bonchev–Trinajstić information content (AvgIpc) is 2.79. The lowest BCUT2D eigenvalue weighted by atomic mass is 10.3. The molecule has 1 saturated heterocycles. The number of hydrazone groups is 1. The molecule has 0 radical (unpaired) electrons. The highest BCUT2D eigenvalue weighted by molar-refractivity contribution is 8.15. The zero-order valence-electron chi connectivity index (χ0n) is 10.7. The monoisotopic (exact) mass is 306 g/mol. The third kappa shape index (κ3) is 3.82. The first-order valence-corrected chi connectivity index (χ1v) is 7.34. The molecule has 20 heavy (non-hydrogen) atoms. The van der Waals surface area contributed by atoms with E-state index in [1.165, 1.54) is 11.8 Å². The van der Waals surface area contributed by atoms with Gasteiger partial charge in [0, 0.05) is 12.2 Å². The standard InChI is InChI=1S/C13H14N4OS2/c1-2-8-17-11(18)9-20-13(17)16-15-12(19)14-10-6-4-3-5-7-10/h2-7H,1,8-9H2,(H2,14,15,19)/b16-13-. The van der Waals surface area contributed by atoms with Crippen molar-refractivity contribution in [3.8, 4) is 0 Å². The number of hydrogen-bond acceptors (Lipinski definition) is 4. The van der Waals surface area contributed by atoms with Crippen molar-refractivity contribution in [1.82, 2.24) is 10.3 Å². The van der Waals surface area contributed by atoms with E-state index in [9.17, 15) is 4.79 Å². The summed E-state index contributed by atoms with van der Waals surface area (Å²) in [5.41, 5.74) is 3.62. The van der Waals surface area contributed by atoms with Gasteiger partial charge in [0.2, 0.25) is 5.91 Å². The van der Waals surface area contributed by atoms with Crippen molar-refractivity contribution in [3.05, 3.63) is 43.0 Å². The number of thiocarbonyl (C=S) groups is 1. The van der Waals surface area contributed by atoms with E-state index in [4.69, 9.17) is 12.2 Å². The molecule has 2 N–H and O–H groups in total. The number of amides is 1. The fourth-order valence-electron chi connectivity index (χ4n) is 1.57. The van der Waals surface area contributed by atoms with Crippen LogP contribution in [0.25, 0.3) is 0 Å². The second-order valence-corrected chi connectivity index (χ2v) is 5.26. The van der Waals surface area contributed by atoms with Gasteiger partial charge in [-0.05, 0) is 24.4 Å². The van der Waals surface area contributed by atoms with E-state index < -0.39 is 0 Å². The largest absolute Gasteiger partial charge is 0.331 e. The van der Waals surface area contributed by atoms with Gasteiger partial charge in [0.25, 0.3) is 0 Å². The van der Waals surface area contributed by atoms with Crippen LogP contribution in [0.4, 0.5) is 5.69 Å². The lowest BCUT2D eigenvalue weighted by Crippen LogP contribution is -2.32. The van der Waals surface area contributed by atoms with Crippen molar-refractivity contribution >= 4 is 45.9 Å². The second kappa shape index (κ2) is 7.06. The van der Waals surface area contributed by atoms with E-state index in [1.54, 1.807) is 11.0 Å². The van der Waals surface area contributed by atoms with Gasteiger partial charge in [-0.15, -0.1) is 11.7 Å². The summed E-state index contributed by atoms with van der Waals surface area (Å²) in [6.07, 6.45) is 1.67. The van der Waals surface area contributed by atoms with Crippen molar-refractivity contribution in [3.63, 3.8) is 0 Å². The molecule has 0 aliphatic carbocycles. The minimum Gasteiger partial charge on any atom is -0.331 e. The first kappa shape index (κ1) is 14.5. The number of carbonyl (C=O) groups is 1. The van der Waals surface area contributed by atoms with Crippen LogP contribution in [-0.2, 0) is 4.79 Å². The summed E-state index contributed by atoms with van der Waals surface area (Å²) in [4.78, 5) is 13.2. The Balaban J connectivity index is 1.93. The Bertz CT molecular complexity index is 545. The van der Waals surface area contributed by atoms with Gasteiger partial charge in [0.05, 0.1) is 5.75 Å². The van der Waals surface area contributed by atoms with E-state index >= 15 is 0 Å². The van der Waals surface area contributed by atoms with Gasteiger partial charge in [-0.3, -0.25) is 15.1 Å². The number of nitrogens with zero attached hydrogens (tertiary/aromatic N) is 2. The van der Waals surface area contributed by atoms with Crippen molar-refractivity contribution in [1.29, 1.82) is 0 Å². The highest BCUT2D eigenvalue weighted by atomic mass is 32.2.